The second-order valence-electron chi connectivity index (χ2n) is 3.88. The van der Waals surface area contributed by atoms with Crippen LogP contribution in [-0.2, 0) is 4.79 Å². The van der Waals surface area contributed by atoms with Crippen LogP contribution in [0.25, 0.3) is 10.9 Å². The Morgan fingerprint density at radius 2 is 2.05 bits per heavy atom. The van der Waals surface area contributed by atoms with E-state index in [2.05, 4.69) is 9.97 Å². The summed E-state index contributed by atoms with van der Waals surface area (Å²) in [5, 5.41) is 0.325. The van der Waals surface area contributed by atoms with Crippen LogP contribution in [0.5, 0.6) is 5.75 Å². The normalized spacial score (nSPS) is 10.4. The number of fused-ring (bicyclic) bond motifs is 1. The molecule has 2 heterocycles. The number of rotatable bonds is 4. The second-order valence-corrected chi connectivity index (χ2v) is 3.88. The molecule has 0 bridgehead atoms. The number of carbonyl (C=O) groups is 3. The summed E-state index contributed by atoms with van der Waals surface area (Å²) in [4.78, 5) is 40.9. The number of ether oxygens (including phenoxy) is 1. The van der Waals surface area contributed by atoms with E-state index >= 15 is 0 Å². The highest BCUT2D eigenvalue weighted by molar-refractivity contribution is 6.45. The molecule has 0 saturated carbocycles. The van der Waals surface area contributed by atoms with Crippen molar-refractivity contribution in [3.05, 3.63) is 23.7 Å². The Hall–Kier alpha value is -2.70. The minimum absolute atomic E-state index is 0.0154. The van der Waals surface area contributed by atoms with Crippen LogP contribution in [0.15, 0.2) is 12.4 Å². The molecule has 1 amide bonds. The third-order valence-corrected chi connectivity index (χ3v) is 2.69. The lowest BCUT2D eigenvalue weighted by molar-refractivity contribution is -0.113. The number of hydrogen-bond acceptors (Lipinski definition) is 5. The van der Waals surface area contributed by atoms with E-state index in [1.54, 1.807) is 0 Å². The topological polar surface area (TPSA) is 115 Å². The van der Waals surface area contributed by atoms with E-state index in [9.17, 15) is 14.4 Å². The van der Waals surface area contributed by atoms with E-state index in [4.69, 9.17) is 10.5 Å². The number of nitrogens with one attached hydrogen (secondary N) is 1. The first-order valence-electron chi connectivity index (χ1n) is 5.36. The molecule has 0 atom stereocenters. The Labute approximate surface area is 107 Å². The van der Waals surface area contributed by atoms with Gasteiger partial charge in [-0.05, 0) is 0 Å². The molecule has 7 heteroatoms. The molecule has 19 heavy (non-hydrogen) atoms. The Balaban J connectivity index is 2.82. The van der Waals surface area contributed by atoms with Crippen molar-refractivity contribution in [2.45, 2.75) is 6.92 Å². The maximum Gasteiger partial charge on any atom is 0.269 e. The van der Waals surface area contributed by atoms with Gasteiger partial charge in [0.15, 0.2) is 11.5 Å². The molecule has 98 valence electrons. The fraction of sp³-hybridized carbons (Fsp3) is 0.167. The minimum Gasteiger partial charge on any atom is -0.494 e. The molecule has 0 aliphatic rings. The van der Waals surface area contributed by atoms with Crippen LogP contribution in [0.1, 0.15) is 27.8 Å². The second kappa shape index (κ2) is 4.52. The number of H-pyrrole nitrogens is 1. The molecule has 2 aromatic heterocycles. The number of pyridine rings is 1. The third kappa shape index (κ3) is 1.95. The summed E-state index contributed by atoms with van der Waals surface area (Å²) in [6.07, 6.45) is 2.62. The van der Waals surface area contributed by atoms with Gasteiger partial charge in [-0.1, -0.05) is 0 Å². The van der Waals surface area contributed by atoms with Gasteiger partial charge in [-0.15, -0.1) is 0 Å². The molecule has 0 aliphatic carbocycles. The maximum atomic E-state index is 11.8. The number of aromatic nitrogens is 2. The fourth-order valence-corrected chi connectivity index (χ4v) is 1.83. The highest BCUT2D eigenvalue weighted by Gasteiger charge is 2.22. The van der Waals surface area contributed by atoms with Crippen LogP contribution in [0, 0.1) is 0 Å². The van der Waals surface area contributed by atoms with Gasteiger partial charge >= 0.3 is 0 Å². The molecule has 0 unspecified atom stereocenters. The van der Waals surface area contributed by atoms with E-state index in [-0.39, 0.29) is 22.5 Å². The van der Waals surface area contributed by atoms with Crippen LogP contribution in [0.4, 0.5) is 0 Å². The van der Waals surface area contributed by atoms with E-state index in [1.165, 1.54) is 26.4 Å². The van der Waals surface area contributed by atoms with E-state index in [0.717, 1.165) is 0 Å². The number of nitrogens with two attached hydrogens (primary N) is 1. The number of ketones is 2. The van der Waals surface area contributed by atoms with Crippen molar-refractivity contribution >= 4 is 28.4 Å². The SMILES string of the molecule is COc1cnc(C(N)=O)c2[nH]cc(C(=O)C(C)=O)c12. The lowest BCUT2D eigenvalue weighted by Gasteiger charge is -2.05. The first-order valence-corrected chi connectivity index (χ1v) is 5.36. The summed E-state index contributed by atoms with van der Waals surface area (Å²) in [5.41, 5.74) is 5.59. The average Bonchev–Trinajstić information content (AvgIpc) is 2.80. The van der Waals surface area contributed by atoms with Gasteiger partial charge in [-0.3, -0.25) is 14.4 Å². The molecule has 0 spiro atoms. The monoisotopic (exact) mass is 261 g/mol. The highest BCUT2D eigenvalue weighted by Crippen LogP contribution is 2.30. The Morgan fingerprint density at radius 3 is 2.58 bits per heavy atom. The smallest absolute Gasteiger partial charge is 0.269 e. The van der Waals surface area contributed by atoms with E-state index in [1.807, 2.05) is 0 Å². The number of methoxy groups -OCH3 is 1. The molecular weight excluding hydrogens is 250 g/mol. The highest BCUT2D eigenvalue weighted by atomic mass is 16.5. The molecule has 3 N–H and O–H groups in total. The maximum absolute atomic E-state index is 11.8. The molecule has 2 aromatic rings. The molecular formula is C12H11N3O4. The molecule has 0 aliphatic heterocycles. The summed E-state index contributed by atoms with van der Waals surface area (Å²) < 4.78 is 5.09. The van der Waals surface area contributed by atoms with Gasteiger partial charge in [0, 0.05) is 13.1 Å². The number of hydrogen-bond donors (Lipinski definition) is 2. The Bertz CT molecular complexity index is 702. The van der Waals surface area contributed by atoms with Crippen LogP contribution in [-0.4, -0.2) is 34.6 Å². The van der Waals surface area contributed by atoms with Crippen LogP contribution < -0.4 is 10.5 Å². The van der Waals surface area contributed by atoms with Gasteiger partial charge in [0.2, 0.25) is 5.78 Å². The van der Waals surface area contributed by atoms with E-state index in [0.29, 0.717) is 5.39 Å². The number of carbonyl (C=O) groups excluding carboxylic acids is 3. The molecule has 0 aromatic carbocycles. The lowest BCUT2D eigenvalue weighted by atomic mass is 10.1. The fourth-order valence-electron chi connectivity index (χ4n) is 1.83. The first-order chi connectivity index (χ1) is 8.97. The lowest BCUT2D eigenvalue weighted by Crippen LogP contribution is -2.14. The molecule has 0 fully saturated rings. The number of aromatic amines is 1. The number of primary amides is 1. The third-order valence-electron chi connectivity index (χ3n) is 2.69. The van der Waals surface area contributed by atoms with Gasteiger partial charge in [0.05, 0.1) is 29.8 Å². The van der Waals surface area contributed by atoms with Crippen LogP contribution >= 0.6 is 0 Å². The standard InChI is InChI=1S/C12H11N3O4/c1-5(16)11(17)6-3-14-9-8(6)7(19-2)4-15-10(9)12(13)18/h3-4,14H,1-2H3,(H2,13,18). The van der Waals surface area contributed by atoms with Crippen molar-refractivity contribution in [1.29, 1.82) is 0 Å². The van der Waals surface area contributed by atoms with Crippen molar-refractivity contribution in [2.24, 2.45) is 5.73 Å². The molecule has 0 saturated heterocycles. The summed E-state index contributed by atoms with van der Waals surface area (Å²) in [5.74, 6) is -1.74. The van der Waals surface area contributed by atoms with Gasteiger partial charge in [0.1, 0.15) is 5.75 Å². The van der Waals surface area contributed by atoms with Crippen molar-refractivity contribution in [3.8, 4) is 5.75 Å². The zero-order chi connectivity index (χ0) is 14.2. The van der Waals surface area contributed by atoms with Gasteiger partial charge in [-0.2, -0.15) is 0 Å². The number of amides is 1. The quantitative estimate of drug-likeness (QED) is 0.612. The summed E-state index contributed by atoms with van der Waals surface area (Å²) in [6, 6.07) is 0. The number of Topliss-reactive ketones (excluding diaryl/α,β-unsaturated/α-hetero) is 2. The predicted molar refractivity (Wildman–Crippen MR) is 66.2 cm³/mol. The van der Waals surface area contributed by atoms with Gasteiger partial charge < -0.3 is 15.5 Å². The van der Waals surface area contributed by atoms with E-state index < -0.39 is 17.5 Å². The molecule has 0 radical (unpaired) electrons. The van der Waals surface area contributed by atoms with Crippen LogP contribution in [0.2, 0.25) is 0 Å². The average molecular weight is 261 g/mol. The van der Waals surface area contributed by atoms with Gasteiger partial charge in [-0.25, -0.2) is 4.98 Å². The minimum atomic E-state index is -0.740. The zero-order valence-corrected chi connectivity index (χ0v) is 10.3. The number of nitrogens with zero attached hydrogens (tertiary/aromatic N) is 1. The molecule has 7 nitrogen and oxygen atoms in total. The predicted octanol–water partition coefficient (Wildman–Crippen LogP) is 0.442. The summed E-state index contributed by atoms with van der Waals surface area (Å²) in [7, 11) is 1.40. The van der Waals surface area contributed by atoms with Crippen molar-refractivity contribution in [1.82, 2.24) is 9.97 Å². The summed E-state index contributed by atoms with van der Waals surface area (Å²) >= 11 is 0. The van der Waals surface area contributed by atoms with Crippen molar-refractivity contribution in [2.75, 3.05) is 7.11 Å². The molecule has 2 rings (SSSR count). The largest absolute Gasteiger partial charge is 0.494 e. The van der Waals surface area contributed by atoms with Crippen molar-refractivity contribution < 1.29 is 19.1 Å². The first kappa shape index (κ1) is 12.7. The van der Waals surface area contributed by atoms with Crippen LogP contribution in [0.3, 0.4) is 0 Å². The zero-order valence-electron chi connectivity index (χ0n) is 10.3. The Morgan fingerprint density at radius 1 is 1.37 bits per heavy atom. The van der Waals surface area contributed by atoms with Crippen molar-refractivity contribution in [3.63, 3.8) is 0 Å². The Kier molecular flexibility index (Phi) is 3.04. The van der Waals surface area contributed by atoms with Gasteiger partial charge in [0.25, 0.3) is 5.91 Å². The summed E-state index contributed by atoms with van der Waals surface area (Å²) in [6.45, 7) is 1.17.